The predicted octanol–water partition coefficient (Wildman–Crippen LogP) is -9.35. The van der Waals surface area contributed by atoms with Crippen LogP contribution in [-0.4, -0.2) is 196 Å². The number of nitrogens with zero attached hydrogens (tertiary/aromatic N) is 3. The van der Waals surface area contributed by atoms with Gasteiger partial charge in [-0.1, -0.05) is 0 Å². The Bertz CT molecular complexity index is 1600. The Hall–Kier alpha value is -2.04. The second-order valence-electron chi connectivity index (χ2n) is 11.7. The minimum absolute atomic E-state index is 0.115. The van der Waals surface area contributed by atoms with Crippen LogP contribution in [0.25, 0.3) is 11.2 Å². The fourth-order valence-electron chi connectivity index (χ4n) is 3.15. The van der Waals surface area contributed by atoms with E-state index in [0.29, 0.717) is 0 Å². The summed E-state index contributed by atoms with van der Waals surface area (Å²) in [6.45, 7) is -4.64. The van der Waals surface area contributed by atoms with Gasteiger partial charge in [0.1, 0.15) is 18.3 Å². The maximum Gasteiger partial charge on any atom is 0.490 e. The lowest BCUT2D eigenvalue weighted by molar-refractivity contribution is -0.0503. The molecule has 24 N–H and O–H groups in total. The standard InChI is InChI=1S/C10H16N5O14P3.3C4H11NO3/c11-10-13-7-4(8(18)14-10)12-2-15(7)9-6(17)5(16)3(27-9)1-26-31(22,23)29-32(24,25)28-30(19,20)21;3*5-4(1-6,2-7)3-8/h2-3,5-6,9,16-17H,1H2,(H,22,23)(H,24,25)(H2,19,20,21)(H3,11,13,14,18);3*6-8H,1-3,5H2/t3-,5?,6+,9-;;;/m1.../s1. The number of imidazole rings is 1. The van der Waals surface area contributed by atoms with Gasteiger partial charge in [-0.25, -0.2) is 18.7 Å². The van der Waals surface area contributed by atoms with Crippen molar-refractivity contribution in [2.75, 3.05) is 71.8 Å². The van der Waals surface area contributed by atoms with E-state index in [1.54, 1.807) is 0 Å². The van der Waals surface area contributed by atoms with E-state index in [0.717, 1.165) is 10.9 Å². The summed E-state index contributed by atoms with van der Waals surface area (Å²) < 4.78 is 51.6. The van der Waals surface area contributed by atoms with Crippen molar-refractivity contribution < 1.29 is 107 Å². The summed E-state index contributed by atoms with van der Waals surface area (Å²) in [7, 11) is -16.8. The molecule has 0 amide bonds. The molecule has 0 aromatic carbocycles. The van der Waals surface area contributed by atoms with Crippen LogP contribution in [0.2, 0.25) is 0 Å². The molecule has 2 aromatic rings. The number of aliphatic hydroxyl groups is 11. The molecule has 0 saturated carbocycles. The molecule has 31 nitrogen and oxygen atoms in total. The molecule has 1 fully saturated rings. The van der Waals surface area contributed by atoms with Crippen LogP contribution >= 0.6 is 23.5 Å². The van der Waals surface area contributed by atoms with E-state index in [1.165, 1.54) is 0 Å². The van der Waals surface area contributed by atoms with Crippen molar-refractivity contribution >= 4 is 40.6 Å². The smallest absolute Gasteiger partial charge is 0.394 e. The molecule has 3 heterocycles. The molecule has 0 radical (unpaired) electrons. The van der Waals surface area contributed by atoms with Crippen molar-refractivity contribution in [3.05, 3.63) is 16.7 Å². The molecule has 34 heteroatoms. The number of rotatable bonds is 17. The third-order valence-electron chi connectivity index (χ3n) is 6.71. The summed E-state index contributed by atoms with van der Waals surface area (Å²) in [4.78, 5) is 57.3. The molecule has 0 bridgehead atoms. The highest BCUT2D eigenvalue weighted by Gasteiger charge is 2.47. The number of nitrogens with one attached hydrogen (secondary N) is 1. The summed E-state index contributed by atoms with van der Waals surface area (Å²) in [6.07, 6.45) is -5.33. The maximum absolute atomic E-state index is 11.9. The molecule has 56 heavy (non-hydrogen) atoms. The summed E-state index contributed by atoms with van der Waals surface area (Å²) in [5.41, 5.74) is 16.3. The van der Waals surface area contributed by atoms with Crippen molar-refractivity contribution in [2.45, 2.75) is 41.2 Å². The van der Waals surface area contributed by atoms with Crippen LogP contribution in [0.15, 0.2) is 11.1 Å². The van der Waals surface area contributed by atoms with Gasteiger partial charge < -0.3 is 103 Å². The van der Waals surface area contributed by atoms with Gasteiger partial charge in [-0.3, -0.25) is 18.9 Å². The summed E-state index contributed by atoms with van der Waals surface area (Å²) in [5.74, 6) is -0.276. The number of phosphoric acid groups is 3. The monoisotopic (exact) mass is 886 g/mol. The summed E-state index contributed by atoms with van der Waals surface area (Å²) >= 11 is 0. The van der Waals surface area contributed by atoms with Gasteiger partial charge in [0, 0.05) is 0 Å². The number of nitrogens with two attached hydrogens (primary N) is 4. The van der Waals surface area contributed by atoms with Crippen LogP contribution in [0.4, 0.5) is 5.95 Å². The molecule has 330 valence electrons. The number of nitrogen functional groups attached to an aromatic ring is 1. The van der Waals surface area contributed by atoms with Crippen LogP contribution in [0.5, 0.6) is 0 Å². The van der Waals surface area contributed by atoms with Crippen molar-refractivity contribution in [1.82, 2.24) is 19.5 Å². The average Bonchev–Trinajstić information content (AvgIpc) is 3.68. The zero-order chi connectivity index (χ0) is 43.9. The Balaban J connectivity index is 0.00000102. The highest BCUT2D eigenvalue weighted by molar-refractivity contribution is 7.66. The number of aromatic amines is 1. The van der Waals surface area contributed by atoms with Crippen molar-refractivity contribution in [3.8, 4) is 0 Å². The number of hydrogen-bond donors (Lipinski definition) is 20. The maximum atomic E-state index is 11.9. The molecule has 0 spiro atoms. The molecular formula is C22H49N8O23P3. The summed E-state index contributed by atoms with van der Waals surface area (Å²) in [6, 6.07) is 0. The van der Waals surface area contributed by atoms with Crippen LogP contribution < -0.4 is 28.5 Å². The van der Waals surface area contributed by atoms with Crippen LogP contribution in [0.3, 0.4) is 0 Å². The number of H-pyrrole nitrogens is 1. The Labute approximate surface area is 314 Å². The van der Waals surface area contributed by atoms with E-state index in [-0.39, 0.29) is 17.1 Å². The van der Waals surface area contributed by atoms with Crippen molar-refractivity contribution in [3.63, 3.8) is 0 Å². The lowest BCUT2D eigenvalue weighted by Crippen LogP contribution is -2.50. The van der Waals surface area contributed by atoms with Crippen LogP contribution in [-0.2, 0) is 31.6 Å². The van der Waals surface area contributed by atoms with E-state index < -0.39 is 136 Å². The van der Waals surface area contributed by atoms with E-state index in [9.17, 15) is 33.6 Å². The molecular weight excluding hydrogens is 837 g/mol. The Morgan fingerprint density at radius 1 is 0.732 bits per heavy atom. The first-order valence-electron chi connectivity index (χ1n) is 15.0. The van der Waals surface area contributed by atoms with Gasteiger partial charge in [-0.05, 0) is 0 Å². The third kappa shape index (κ3) is 17.4. The highest BCUT2D eigenvalue weighted by Crippen LogP contribution is 2.66. The van der Waals surface area contributed by atoms with Gasteiger partial charge in [-0.15, -0.1) is 0 Å². The fraction of sp³-hybridized carbons (Fsp3) is 0.773. The first kappa shape index (κ1) is 54.0. The van der Waals surface area contributed by atoms with Gasteiger partial charge in [0.25, 0.3) is 5.56 Å². The number of ether oxygens (including phenoxy) is 1. The lowest BCUT2D eigenvalue weighted by Gasteiger charge is -2.20. The predicted molar refractivity (Wildman–Crippen MR) is 183 cm³/mol. The Morgan fingerprint density at radius 3 is 1.50 bits per heavy atom. The second-order valence-corrected chi connectivity index (χ2v) is 16.1. The Morgan fingerprint density at radius 2 is 1.14 bits per heavy atom. The molecule has 1 aliphatic rings. The minimum atomic E-state index is -5.73. The van der Waals surface area contributed by atoms with E-state index >= 15 is 0 Å². The number of aliphatic hydroxyl groups excluding tert-OH is 11. The molecule has 0 aliphatic carbocycles. The Kier molecular flexibility index (Phi) is 22.1. The highest BCUT2D eigenvalue weighted by atomic mass is 31.3. The zero-order valence-corrected chi connectivity index (χ0v) is 31.6. The first-order valence-corrected chi connectivity index (χ1v) is 19.5. The first-order chi connectivity index (χ1) is 25.6. The van der Waals surface area contributed by atoms with E-state index in [2.05, 4.69) is 28.1 Å². The fourth-order valence-corrected chi connectivity index (χ4v) is 6.18. The second kappa shape index (κ2) is 22.9. The number of phosphoric ester groups is 1. The largest absolute Gasteiger partial charge is 0.490 e. The molecule has 3 rings (SSSR count). The number of aromatic nitrogens is 4. The van der Waals surface area contributed by atoms with Gasteiger partial charge >= 0.3 is 23.5 Å². The van der Waals surface area contributed by atoms with E-state index in [4.69, 9.17) is 88.3 Å². The average molecular weight is 887 g/mol. The molecule has 6 atom stereocenters. The number of hydrogen-bond acceptors (Lipinski definition) is 25. The van der Waals surface area contributed by atoms with Crippen molar-refractivity contribution in [1.29, 1.82) is 0 Å². The minimum Gasteiger partial charge on any atom is -0.394 e. The van der Waals surface area contributed by atoms with Gasteiger partial charge in [0.05, 0.1) is 89.0 Å². The van der Waals surface area contributed by atoms with E-state index in [1.807, 2.05) is 0 Å². The number of fused-ring (bicyclic) bond motifs is 1. The van der Waals surface area contributed by atoms with Crippen LogP contribution in [0.1, 0.15) is 6.23 Å². The van der Waals surface area contributed by atoms with Crippen molar-refractivity contribution in [2.24, 2.45) is 17.2 Å². The zero-order valence-electron chi connectivity index (χ0n) is 28.9. The van der Waals surface area contributed by atoms with Gasteiger partial charge in [0.2, 0.25) is 5.95 Å². The third-order valence-corrected chi connectivity index (χ3v) is 10.5. The topological polar surface area (TPSA) is 559 Å². The summed E-state index contributed by atoms with van der Waals surface area (Å²) in [5, 5.41) is 95.5. The van der Waals surface area contributed by atoms with Crippen LogP contribution in [0, 0.1) is 0 Å². The molecule has 1 saturated heterocycles. The van der Waals surface area contributed by atoms with Gasteiger partial charge in [0.15, 0.2) is 17.4 Å². The van der Waals surface area contributed by atoms with Gasteiger partial charge in [-0.2, -0.15) is 13.6 Å². The molecule has 1 aliphatic heterocycles. The molecule has 3 unspecified atom stereocenters. The normalized spacial score (nSPS) is 21.1. The lowest BCUT2D eigenvalue weighted by atomic mass is 10.1. The number of anilines is 1. The SMILES string of the molecule is NC(CO)(CO)CO.NC(CO)(CO)CO.NC(CO)(CO)CO.Nc1nc2c(ncn2[C@@H]2O[C@H](COP(=O)(O)OP(=O)(O)OP(=O)(O)O)C(O)[C@@H]2O)c(=O)[nH]1. The quantitative estimate of drug-likeness (QED) is 0.0656. The molecule has 2 aromatic heterocycles.